The Labute approximate surface area is 162 Å². The maximum absolute atomic E-state index is 12.5. The van der Waals surface area contributed by atoms with E-state index in [0.717, 1.165) is 0 Å². The summed E-state index contributed by atoms with van der Waals surface area (Å²) in [6.07, 6.45) is 0.596. The van der Waals surface area contributed by atoms with E-state index in [1.165, 1.54) is 0 Å². The second-order valence-electron chi connectivity index (χ2n) is 9.40. The highest BCUT2D eigenvalue weighted by Gasteiger charge is 2.41. The summed E-state index contributed by atoms with van der Waals surface area (Å²) in [4.78, 5) is 25.0. The fraction of sp³-hybridized carbons (Fsp3) is 0.895. The van der Waals surface area contributed by atoms with E-state index in [9.17, 15) is 9.59 Å². The van der Waals surface area contributed by atoms with Crippen LogP contribution in [0.5, 0.6) is 0 Å². The number of nitrogens with one attached hydrogen (secondary N) is 4. The first-order valence-corrected chi connectivity index (χ1v) is 9.72. The number of hydrogen-bond donors (Lipinski definition) is 4. The van der Waals surface area contributed by atoms with E-state index in [2.05, 4.69) is 21.3 Å². The van der Waals surface area contributed by atoms with Gasteiger partial charge in [0.05, 0.1) is 13.2 Å². The van der Waals surface area contributed by atoms with E-state index in [4.69, 9.17) is 9.47 Å². The van der Waals surface area contributed by atoms with Crippen molar-refractivity contribution in [3.63, 3.8) is 0 Å². The van der Waals surface area contributed by atoms with E-state index >= 15 is 0 Å². The quantitative estimate of drug-likeness (QED) is 0.478. The van der Waals surface area contributed by atoms with Crippen LogP contribution in [-0.4, -0.2) is 73.5 Å². The van der Waals surface area contributed by atoms with Crippen LogP contribution in [-0.2, 0) is 19.1 Å². The fourth-order valence-corrected chi connectivity index (χ4v) is 3.24. The van der Waals surface area contributed by atoms with Crippen molar-refractivity contribution in [2.24, 2.45) is 0 Å². The smallest absolute Gasteiger partial charge is 0.253 e. The Kier molecular flexibility index (Phi) is 6.56. The molecule has 2 heterocycles. The first-order chi connectivity index (χ1) is 12.4. The lowest BCUT2D eigenvalue weighted by Crippen LogP contribution is -2.54. The monoisotopic (exact) mass is 384 g/mol. The van der Waals surface area contributed by atoms with Crippen molar-refractivity contribution in [2.75, 3.05) is 39.4 Å². The van der Waals surface area contributed by atoms with Gasteiger partial charge in [-0.1, -0.05) is 0 Å². The molecule has 0 aromatic carbocycles. The predicted octanol–water partition coefficient (Wildman–Crippen LogP) is -0.0769. The lowest BCUT2D eigenvalue weighted by molar-refractivity contribution is -0.148. The average molecular weight is 385 g/mol. The number of hydrogen-bond acceptors (Lipinski definition) is 6. The fourth-order valence-electron chi connectivity index (χ4n) is 3.24. The van der Waals surface area contributed by atoms with Gasteiger partial charge in [-0.2, -0.15) is 0 Å². The summed E-state index contributed by atoms with van der Waals surface area (Å²) in [5.41, 5.74) is -2.43. The van der Waals surface area contributed by atoms with Crippen LogP contribution in [0.25, 0.3) is 0 Å². The van der Waals surface area contributed by atoms with Crippen molar-refractivity contribution >= 4 is 11.8 Å². The number of carbonyl (C=O) groups is 2. The molecule has 156 valence electrons. The van der Waals surface area contributed by atoms with Crippen molar-refractivity contribution in [3.8, 4) is 0 Å². The molecule has 4 N–H and O–H groups in total. The van der Waals surface area contributed by atoms with Crippen LogP contribution in [0.2, 0.25) is 0 Å². The molecule has 2 aliphatic rings. The summed E-state index contributed by atoms with van der Waals surface area (Å²) in [5, 5.41) is 12.6. The van der Waals surface area contributed by atoms with E-state index in [0.29, 0.717) is 45.8 Å². The first-order valence-electron chi connectivity index (χ1n) is 9.72. The summed E-state index contributed by atoms with van der Waals surface area (Å²) >= 11 is 0. The van der Waals surface area contributed by atoms with Crippen molar-refractivity contribution < 1.29 is 19.1 Å². The Bertz CT molecular complexity index is 518. The van der Waals surface area contributed by atoms with Gasteiger partial charge in [0.25, 0.3) is 11.8 Å². The first kappa shape index (κ1) is 22.1. The minimum Gasteiger partial charge on any atom is -0.364 e. The molecule has 2 amide bonds. The van der Waals surface area contributed by atoms with Gasteiger partial charge >= 0.3 is 0 Å². The van der Waals surface area contributed by atoms with Crippen molar-refractivity contribution in [1.29, 1.82) is 0 Å². The van der Waals surface area contributed by atoms with Crippen molar-refractivity contribution in [2.45, 2.75) is 70.2 Å². The Morgan fingerprint density at radius 1 is 0.704 bits per heavy atom. The largest absolute Gasteiger partial charge is 0.364 e. The Morgan fingerprint density at radius 2 is 1.07 bits per heavy atom. The van der Waals surface area contributed by atoms with Crippen LogP contribution in [0.1, 0.15) is 48.0 Å². The Hall–Kier alpha value is -1.22. The van der Waals surface area contributed by atoms with Crippen molar-refractivity contribution in [3.05, 3.63) is 0 Å². The summed E-state index contributed by atoms with van der Waals surface area (Å²) in [6.45, 7) is 14.6. The third-order valence-corrected chi connectivity index (χ3v) is 5.05. The predicted molar refractivity (Wildman–Crippen MR) is 104 cm³/mol. The number of ether oxygens (including phenoxy) is 2. The maximum Gasteiger partial charge on any atom is 0.253 e. The van der Waals surface area contributed by atoms with Crippen LogP contribution >= 0.6 is 0 Å². The lowest BCUT2D eigenvalue weighted by atomic mass is 10.0. The van der Waals surface area contributed by atoms with Gasteiger partial charge in [0, 0.05) is 37.3 Å². The molecule has 0 bridgehead atoms. The zero-order valence-corrected chi connectivity index (χ0v) is 17.6. The molecule has 0 aromatic rings. The Balaban J connectivity index is 1.79. The van der Waals surface area contributed by atoms with E-state index < -0.39 is 11.2 Å². The minimum absolute atomic E-state index is 0.111. The van der Waals surface area contributed by atoms with E-state index in [-0.39, 0.29) is 22.9 Å². The lowest BCUT2D eigenvalue weighted by Gasteiger charge is -2.30. The zero-order chi connectivity index (χ0) is 20.3. The van der Waals surface area contributed by atoms with Gasteiger partial charge < -0.3 is 30.7 Å². The van der Waals surface area contributed by atoms with E-state index in [1.54, 1.807) is 13.8 Å². The molecule has 2 aliphatic heterocycles. The van der Waals surface area contributed by atoms with Crippen LogP contribution in [0.15, 0.2) is 0 Å². The molecule has 8 nitrogen and oxygen atoms in total. The van der Waals surface area contributed by atoms with Gasteiger partial charge in [-0.05, 0) is 48.0 Å². The second kappa shape index (κ2) is 8.03. The summed E-state index contributed by atoms with van der Waals surface area (Å²) in [6, 6.07) is 0. The molecule has 8 heteroatoms. The molecule has 2 unspecified atom stereocenters. The third kappa shape index (κ3) is 5.88. The number of rotatable bonds is 6. The van der Waals surface area contributed by atoms with Crippen LogP contribution in [0.3, 0.4) is 0 Å². The molecule has 0 radical (unpaired) electrons. The van der Waals surface area contributed by atoms with Gasteiger partial charge in [0.1, 0.15) is 0 Å². The van der Waals surface area contributed by atoms with Gasteiger partial charge in [0.2, 0.25) is 0 Å². The molecule has 2 rings (SSSR count). The van der Waals surface area contributed by atoms with Crippen LogP contribution in [0, 0.1) is 0 Å². The molecular weight excluding hydrogens is 348 g/mol. The zero-order valence-electron chi connectivity index (χ0n) is 17.6. The average Bonchev–Trinajstić information content (AvgIpc) is 2.68. The maximum atomic E-state index is 12.5. The highest BCUT2D eigenvalue weighted by molar-refractivity contribution is 5.86. The standard InChI is InChI=1S/C19H36N4O4/c1-16(2)10-20-12-18(5,14(24)22-16)26-8-7-9-27-19(6)13-21-11-17(3,4)23-15(19)25/h20-21H,7-13H2,1-6H3,(H,22,24)(H,23,25). The summed E-state index contributed by atoms with van der Waals surface area (Å²) in [5.74, 6) is -0.222. The molecule has 0 spiro atoms. The van der Waals surface area contributed by atoms with Crippen LogP contribution < -0.4 is 21.3 Å². The molecular formula is C19H36N4O4. The normalized spacial score (nSPS) is 33.6. The van der Waals surface area contributed by atoms with Crippen molar-refractivity contribution in [1.82, 2.24) is 21.3 Å². The summed E-state index contributed by atoms with van der Waals surface area (Å²) in [7, 11) is 0. The molecule has 2 fully saturated rings. The highest BCUT2D eigenvalue weighted by Crippen LogP contribution is 2.18. The Morgan fingerprint density at radius 3 is 1.44 bits per heavy atom. The van der Waals surface area contributed by atoms with Crippen LogP contribution in [0.4, 0.5) is 0 Å². The topological polar surface area (TPSA) is 101 Å². The molecule has 0 saturated carbocycles. The van der Waals surface area contributed by atoms with Gasteiger partial charge in [-0.25, -0.2) is 0 Å². The van der Waals surface area contributed by atoms with Gasteiger partial charge in [0.15, 0.2) is 11.2 Å². The highest BCUT2D eigenvalue weighted by atomic mass is 16.5. The molecule has 2 atom stereocenters. The molecule has 0 aliphatic carbocycles. The third-order valence-electron chi connectivity index (χ3n) is 5.05. The molecule has 27 heavy (non-hydrogen) atoms. The second-order valence-corrected chi connectivity index (χ2v) is 9.40. The molecule has 0 aromatic heterocycles. The van der Waals surface area contributed by atoms with Gasteiger partial charge in [-0.15, -0.1) is 0 Å². The van der Waals surface area contributed by atoms with Gasteiger partial charge in [-0.3, -0.25) is 9.59 Å². The minimum atomic E-state index is -0.914. The SMILES string of the molecule is CC1(C)CNCC(C)(OCCCOC2(C)CNCC(C)(C)NC2=O)C(=O)N1. The summed E-state index contributed by atoms with van der Waals surface area (Å²) < 4.78 is 11.8. The number of carbonyl (C=O) groups excluding carboxylic acids is 2. The van der Waals surface area contributed by atoms with E-state index in [1.807, 2.05) is 27.7 Å². The molecule has 2 saturated heterocycles. The number of amides is 2.